The van der Waals surface area contributed by atoms with Crippen molar-refractivity contribution >= 4 is 5.91 Å². The average molecular weight is 465 g/mol. The topological polar surface area (TPSA) is 60.5 Å². The van der Waals surface area contributed by atoms with Crippen molar-refractivity contribution in [3.8, 4) is 23.0 Å². The molecule has 0 unspecified atom stereocenters. The fourth-order valence-corrected chi connectivity index (χ4v) is 5.72. The Kier molecular flexibility index (Phi) is 5.95. The van der Waals surface area contributed by atoms with E-state index in [0.717, 1.165) is 73.8 Å². The third-order valence-corrected chi connectivity index (χ3v) is 7.38. The van der Waals surface area contributed by atoms with Crippen LogP contribution in [0.4, 0.5) is 0 Å². The Morgan fingerprint density at radius 2 is 1.29 bits per heavy atom. The molecule has 0 aliphatic carbocycles. The number of hydrogen-bond donors (Lipinski definition) is 0. The van der Waals surface area contributed by atoms with E-state index < -0.39 is 0 Å². The second-order valence-corrected chi connectivity index (χ2v) is 9.53. The van der Waals surface area contributed by atoms with Gasteiger partial charge in [-0.05, 0) is 67.6 Å². The monoisotopic (exact) mass is 464 g/mol. The van der Waals surface area contributed by atoms with Crippen molar-refractivity contribution in [1.82, 2.24) is 9.80 Å². The minimum Gasteiger partial charge on any atom is -0.490 e. The van der Waals surface area contributed by atoms with E-state index in [1.807, 2.05) is 12.1 Å². The number of rotatable bonds is 4. The molecule has 4 aliphatic heterocycles. The standard InChI is InChI=1S/C27H32N2O5/c30-27(18-28-10-1-4-21(28)19-6-8-24-26(16-19)34-15-14-33-24)29-11-2-5-22(29)20-7-9-23-25(17-20)32-13-3-12-31-23/h6-9,16-17,21-22H,1-5,10-15,18H2/t21-,22+/m1/s1. The van der Waals surface area contributed by atoms with Crippen molar-refractivity contribution in [3.63, 3.8) is 0 Å². The first kappa shape index (κ1) is 21.6. The maximum absolute atomic E-state index is 13.5. The zero-order valence-corrected chi connectivity index (χ0v) is 19.5. The number of amides is 1. The first-order valence-electron chi connectivity index (χ1n) is 12.6. The summed E-state index contributed by atoms with van der Waals surface area (Å²) in [5.74, 6) is 3.43. The first-order valence-corrected chi connectivity index (χ1v) is 12.6. The van der Waals surface area contributed by atoms with Crippen LogP contribution in [0.1, 0.15) is 55.3 Å². The molecule has 4 heterocycles. The number of benzene rings is 2. The summed E-state index contributed by atoms with van der Waals surface area (Å²) in [6.45, 7) is 4.71. The molecule has 7 heteroatoms. The number of fused-ring (bicyclic) bond motifs is 2. The molecule has 0 saturated carbocycles. The van der Waals surface area contributed by atoms with Gasteiger partial charge in [0.25, 0.3) is 0 Å². The second-order valence-electron chi connectivity index (χ2n) is 9.53. The van der Waals surface area contributed by atoms with Gasteiger partial charge in [-0.25, -0.2) is 0 Å². The Bertz CT molecular complexity index is 1060. The van der Waals surface area contributed by atoms with Gasteiger partial charge in [-0.15, -0.1) is 0 Å². The van der Waals surface area contributed by atoms with E-state index in [2.05, 4.69) is 34.1 Å². The fraction of sp³-hybridized carbons (Fsp3) is 0.519. The smallest absolute Gasteiger partial charge is 0.237 e. The molecule has 2 aromatic carbocycles. The molecule has 0 aromatic heterocycles. The fourth-order valence-electron chi connectivity index (χ4n) is 5.72. The lowest BCUT2D eigenvalue weighted by molar-refractivity contribution is -0.133. The predicted molar refractivity (Wildman–Crippen MR) is 127 cm³/mol. The lowest BCUT2D eigenvalue weighted by atomic mass is 10.0. The minimum atomic E-state index is 0.0972. The normalized spacial score (nSPS) is 24.2. The predicted octanol–water partition coefficient (Wildman–Crippen LogP) is 4.12. The summed E-state index contributed by atoms with van der Waals surface area (Å²) in [6, 6.07) is 12.7. The SMILES string of the molecule is O=C(CN1CCC[C@@H]1c1ccc2c(c1)OCCO2)N1CCC[C@H]1c1ccc2c(c1)OCCCO2. The molecule has 4 aliphatic rings. The van der Waals surface area contributed by atoms with Gasteiger partial charge in [0.2, 0.25) is 5.91 Å². The summed E-state index contributed by atoms with van der Waals surface area (Å²) in [6.07, 6.45) is 5.04. The molecular formula is C27H32N2O5. The zero-order valence-electron chi connectivity index (χ0n) is 19.5. The Hall–Kier alpha value is -2.93. The van der Waals surface area contributed by atoms with E-state index in [0.29, 0.717) is 33.0 Å². The van der Waals surface area contributed by atoms with Crippen LogP contribution >= 0.6 is 0 Å². The minimum absolute atomic E-state index is 0.0972. The van der Waals surface area contributed by atoms with Crippen LogP contribution < -0.4 is 18.9 Å². The van der Waals surface area contributed by atoms with Gasteiger partial charge in [0.05, 0.1) is 25.8 Å². The van der Waals surface area contributed by atoms with Gasteiger partial charge in [-0.2, -0.15) is 0 Å². The van der Waals surface area contributed by atoms with Crippen LogP contribution in [0.15, 0.2) is 36.4 Å². The lowest BCUT2D eigenvalue weighted by Gasteiger charge is -2.30. The number of likely N-dealkylation sites (tertiary alicyclic amines) is 2. The van der Waals surface area contributed by atoms with Crippen LogP contribution in [0.5, 0.6) is 23.0 Å². The Morgan fingerprint density at radius 1 is 0.706 bits per heavy atom. The van der Waals surface area contributed by atoms with Crippen molar-refractivity contribution in [2.45, 2.75) is 44.2 Å². The largest absolute Gasteiger partial charge is 0.490 e. The highest BCUT2D eigenvalue weighted by Gasteiger charge is 2.34. The van der Waals surface area contributed by atoms with Crippen molar-refractivity contribution in [2.75, 3.05) is 46.1 Å². The van der Waals surface area contributed by atoms with Gasteiger partial charge in [-0.3, -0.25) is 9.69 Å². The van der Waals surface area contributed by atoms with Crippen molar-refractivity contribution < 1.29 is 23.7 Å². The highest BCUT2D eigenvalue weighted by Crippen LogP contribution is 2.40. The lowest BCUT2D eigenvalue weighted by Crippen LogP contribution is -2.39. The number of nitrogens with zero attached hydrogens (tertiary/aromatic N) is 2. The first-order chi connectivity index (χ1) is 16.8. The summed E-state index contributed by atoms with van der Waals surface area (Å²) in [7, 11) is 0. The van der Waals surface area contributed by atoms with Gasteiger partial charge >= 0.3 is 0 Å². The molecule has 2 aromatic rings. The molecule has 1 amide bonds. The maximum atomic E-state index is 13.5. The highest BCUT2D eigenvalue weighted by molar-refractivity contribution is 5.79. The number of carbonyl (C=O) groups is 1. The summed E-state index contributed by atoms with van der Waals surface area (Å²) in [4.78, 5) is 17.9. The quantitative estimate of drug-likeness (QED) is 0.679. The van der Waals surface area contributed by atoms with Gasteiger partial charge < -0.3 is 23.8 Å². The molecule has 0 spiro atoms. The van der Waals surface area contributed by atoms with Gasteiger partial charge in [0.1, 0.15) is 13.2 Å². The zero-order chi connectivity index (χ0) is 22.9. The van der Waals surface area contributed by atoms with E-state index >= 15 is 0 Å². The maximum Gasteiger partial charge on any atom is 0.237 e. The second kappa shape index (κ2) is 9.37. The summed E-state index contributed by atoms with van der Waals surface area (Å²) in [5, 5.41) is 0. The van der Waals surface area contributed by atoms with Crippen molar-refractivity contribution in [1.29, 1.82) is 0 Å². The Morgan fingerprint density at radius 3 is 2.06 bits per heavy atom. The van der Waals surface area contributed by atoms with Crippen molar-refractivity contribution in [3.05, 3.63) is 47.5 Å². The molecule has 0 N–H and O–H groups in total. The van der Waals surface area contributed by atoms with Crippen LogP contribution in [-0.4, -0.2) is 61.8 Å². The third kappa shape index (κ3) is 4.17. The van der Waals surface area contributed by atoms with Crippen molar-refractivity contribution in [2.24, 2.45) is 0 Å². The van der Waals surface area contributed by atoms with Crippen LogP contribution in [0.2, 0.25) is 0 Å². The summed E-state index contributed by atoms with van der Waals surface area (Å²) < 4.78 is 23.2. The molecule has 0 radical (unpaired) electrons. The molecule has 2 saturated heterocycles. The molecule has 6 rings (SSSR count). The van der Waals surface area contributed by atoms with E-state index in [-0.39, 0.29) is 18.0 Å². The molecular weight excluding hydrogens is 432 g/mol. The van der Waals surface area contributed by atoms with E-state index in [9.17, 15) is 4.79 Å². The number of ether oxygens (including phenoxy) is 4. The molecule has 2 atom stereocenters. The molecule has 34 heavy (non-hydrogen) atoms. The Labute approximate surface area is 200 Å². The summed E-state index contributed by atoms with van der Waals surface area (Å²) in [5.41, 5.74) is 2.34. The van der Waals surface area contributed by atoms with Gasteiger partial charge in [0.15, 0.2) is 23.0 Å². The van der Waals surface area contributed by atoms with Gasteiger partial charge in [-0.1, -0.05) is 12.1 Å². The van der Waals surface area contributed by atoms with E-state index in [1.165, 1.54) is 5.56 Å². The molecule has 180 valence electrons. The van der Waals surface area contributed by atoms with Crippen LogP contribution in [-0.2, 0) is 4.79 Å². The van der Waals surface area contributed by atoms with E-state index in [1.54, 1.807) is 0 Å². The van der Waals surface area contributed by atoms with Crippen LogP contribution in [0, 0.1) is 0 Å². The molecule has 2 fully saturated rings. The molecule has 7 nitrogen and oxygen atoms in total. The average Bonchev–Trinajstić information content (AvgIpc) is 3.48. The van der Waals surface area contributed by atoms with E-state index in [4.69, 9.17) is 18.9 Å². The number of hydrogen-bond acceptors (Lipinski definition) is 6. The van der Waals surface area contributed by atoms with Crippen LogP contribution in [0.25, 0.3) is 0 Å². The van der Waals surface area contributed by atoms with Crippen LogP contribution in [0.3, 0.4) is 0 Å². The third-order valence-electron chi connectivity index (χ3n) is 7.38. The summed E-state index contributed by atoms with van der Waals surface area (Å²) >= 11 is 0. The highest BCUT2D eigenvalue weighted by atomic mass is 16.6. The van der Waals surface area contributed by atoms with Gasteiger partial charge in [0, 0.05) is 19.0 Å². The number of carbonyl (C=O) groups excluding carboxylic acids is 1. The Balaban J connectivity index is 1.17. The molecule has 0 bridgehead atoms.